The summed E-state index contributed by atoms with van der Waals surface area (Å²) in [6, 6.07) is 161. The Balaban J connectivity index is 0.000000165. The van der Waals surface area contributed by atoms with E-state index < -0.39 is 0 Å². The van der Waals surface area contributed by atoms with Gasteiger partial charge in [-0.15, -0.1) is 287 Å². The molecule has 0 spiro atoms. The van der Waals surface area contributed by atoms with Crippen molar-refractivity contribution in [1.82, 2.24) is 49.8 Å². The molecule has 20 aromatic rings. The molecule has 0 N–H and O–H groups in total. The van der Waals surface area contributed by atoms with Crippen LogP contribution in [-0.4, -0.2) is 49.8 Å². The summed E-state index contributed by atoms with van der Waals surface area (Å²) in [6.45, 7) is 4.11. The molecule has 20 rings (SSSR count). The summed E-state index contributed by atoms with van der Waals surface area (Å²) in [5.41, 5.74) is 26.8. The van der Waals surface area contributed by atoms with Crippen molar-refractivity contribution < 1.29 is 80.4 Å². The van der Waals surface area contributed by atoms with Crippen LogP contribution in [0.5, 0.6) is 0 Å². The molecule has 0 aliphatic carbocycles. The Morgan fingerprint density at radius 1 is 0.181 bits per heavy atom. The summed E-state index contributed by atoms with van der Waals surface area (Å²) in [7, 11) is 0. The van der Waals surface area contributed by atoms with Crippen molar-refractivity contribution in [3.05, 3.63) is 522 Å². The van der Waals surface area contributed by atoms with Crippen LogP contribution < -0.4 is 0 Å². The fraction of sp³-hybridized carbons (Fsp3) is 0.0265. The van der Waals surface area contributed by atoms with Gasteiger partial charge in [-0.25, -0.2) is 0 Å². The number of hydrogen-bond acceptors (Lipinski definition) is 10. The van der Waals surface area contributed by atoms with Crippen LogP contribution in [0.1, 0.15) is 18.3 Å². The Bertz CT molecular complexity index is 5690. The van der Waals surface area contributed by atoms with Gasteiger partial charge in [0, 0.05) is 141 Å². The van der Waals surface area contributed by atoms with E-state index in [1.165, 1.54) is 22.3 Å². The first-order valence-corrected chi connectivity index (χ1v) is 40.2. The minimum Gasteiger partial charge on any atom is -0.305 e. The van der Waals surface area contributed by atoms with Crippen LogP contribution >= 0.6 is 0 Å². The second kappa shape index (κ2) is 54.8. The molecule has 10 aromatic carbocycles. The van der Waals surface area contributed by atoms with Gasteiger partial charge in [-0.2, -0.15) is 0 Å². The number of nitrogens with zero attached hydrogens (tertiary/aromatic N) is 10. The van der Waals surface area contributed by atoms with Crippen LogP contribution in [0.25, 0.3) is 135 Å². The fourth-order valence-electron chi connectivity index (χ4n) is 12.3. The molecule has 0 saturated carbocycles. The van der Waals surface area contributed by atoms with Gasteiger partial charge in [0.15, 0.2) is 0 Å². The Hall–Kier alpha value is -13.7. The van der Waals surface area contributed by atoms with Gasteiger partial charge in [0.1, 0.15) is 0 Å². The smallest absolute Gasteiger partial charge is 0.0698 e. The molecule has 0 aliphatic rings. The molecule has 0 bridgehead atoms. The number of benzene rings is 10. The van der Waals surface area contributed by atoms with E-state index in [0.717, 1.165) is 130 Å². The average molecular weight is 2350 g/mol. The molecule has 14 heteroatoms. The topological polar surface area (TPSA) is 129 Å². The third-order valence-electron chi connectivity index (χ3n) is 18.4. The summed E-state index contributed by atoms with van der Waals surface area (Å²) >= 11 is 0. The predicted molar refractivity (Wildman–Crippen MR) is 500 cm³/mol. The van der Waals surface area contributed by atoms with E-state index in [4.69, 9.17) is 0 Å². The zero-order valence-electron chi connectivity index (χ0n) is 69.4. The van der Waals surface area contributed by atoms with Crippen molar-refractivity contribution in [3.8, 4) is 135 Å². The minimum absolute atomic E-state index is 0. The summed E-state index contributed by atoms with van der Waals surface area (Å²) in [5.74, 6) is 0. The minimum atomic E-state index is 0. The van der Waals surface area contributed by atoms with Gasteiger partial charge in [0.25, 0.3) is 0 Å². The summed E-state index contributed by atoms with van der Waals surface area (Å²) in [6.07, 6.45) is 15.4. The van der Waals surface area contributed by atoms with E-state index in [9.17, 15) is 0 Å². The predicted octanol–water partition coefficient (Wildman–Crippen LogP) is 26.7. The number of rotatable bonds is 13. The standard InChI is InChI=1S/C18H15N2.C17H13N2.2C17H12N.4C11H8N.4Ir/c1-2-16-9-6-10-17(20-16)15-11-12-19-18(13-15)14-7-4-3-5-8-14;1-13-6-5-9-16(19-13)15-10-11-18-17(12-15)14-7-3-2-4-8-14;2*1-3-7-14(8-4-1)16-11-12-18-17(13-16)15-9-5-2-6-10-15;4*1-2-6-10(7-3-1)11-8-4-5-9-12-11;;;;/h3-7,9-13H,2H2,1H3;2-7,9-12H,1H3;2*1-9,11-13H;4*1-6,8-9H;;;;/q8*-1;;;;. The molecular weight excluding hydrogens is 2270 g/mol. The van der Waals surface area contributed by atoms with Crippen molar-refractivity contribution >= 4 is 0 Å². The average Bonchev–Trinajstić information content (AvgIpc) is 0.843. The van der Waals surface area contributed by atoms with Gasteiger partial charge in [-0.1, -0.05) is 153 Å². The maximum absolute atomic E-state index is 4.66. The summed E-state index contributed by atoms with van der Waals surface area (Å²) in [5, 5.41) is 0. The van der Waals surface area contributed by atoms with Gasteiger partial charge in [-0.05, 0) is 165 Å². The molecule has 10 nitrogen and oxygen atoms in total. The molecule has 4 radical (unpaired) electrons. The maximum atomic E-state index is 4.66. The van der Waals surface area contributed by atoms with Gasteiger partial charge in [0.05, 0.1) is 11.4 Å². The zero-order chi connectivity index (χ0) is 84.2. The van der Waals surface area contributed by atoms with Crippen LogP contribution in [0.4, 0.5) is 0 Å². The number of hydrogen-bond donors (Lipinski definition) is 0. The van der Waals surface area contributed by atoms with Crippen LogP contribution in [0.3, 0.4) is 0 Å². The third-order valence-corrected chi connectivity index (χ3v) is 18.4. The van der Waals surface area contributed by atoms with Crippen molar-refractivity contribution in [2.75, 3.05) is 0 Å². The first kappa shape index (κ1) is 97.1. The van der Waals surface area contributed by atoms with Gasteiger partial charge < -0.3 is 39.9 Å². The van der Waals surface area contributed by atoms with Crippen molar-refractivity contribution in [3.63, 3.8) is 0 Å². The molecule has 10 aromatic heterocycles. The number of pyridine rings is 10. The molecule has 10 heterocycles. The van der Waals surface area contributed by atoms with Crippen LogP contribution in [0.2, 0.25) is 0 Å². The Morgan fingerprint density at radius 2 is 0.409 bits per heavy atom. The molecule has 0 aliphatic heterocycles. The first-order chi connectivity index (χ1) is 60.9. The SMILES string of the molecule is CCc1cccc(-c2ccnc(-c3[c-]cccc3)c2)n1.Cc1cccc(-c2ccnc(-c3[c-]cccc3)c2)n1.[Ir].[Ir].[Ir].[Ir].[c-]1ccccc1-c1cc(-c2ccccc2)ccn1.[c-]1ccccc1-c1cc(-c2ccccc2)ccn1.[c-]1ccccc1-c1ccccn1.[c-]1ccccc1-c1ccccn1.[c-]1ccccc1-c1ccccn1.[c-]1ccccc1-c1ccccn1. The molecule has 0 saturated heterocycles. The van der Waals surface area contributed by atoms with E-state index >= 15 is 0 Å². The van der Waals surface area contributed by atoms with Gasteiger partial charge in [0.2, 0.25) is 0 Å². The summed E-state index contributed by atoms with van der Waals surface area (Å²) < 4.78 is 0. The Kier molecular flexibility index (Phi) is 41.9. The van der Waals surface area contributed by atoms with Gasteiger partial charge >= 0.3 is 0 Å². The fourth-order valence-corrected chi connectivity index (χ4v) is 12.3. The zero-order valence-corrected chi connectivity index (χ0v) is 79.0. The molecule has 0 unspecified atom stereocenters. The first-order valence-electron chi connectivity index (χ1n) is 40.2. The van der Waals surface area contributed by atoms with Crippen molar-refractivity contribution in [2.45, 2.75) is 20.3 Å². The molecule has 630 valence electrons. The maximum Gasteiger partial charge on any atom is 0.0698 e. The van der Waals surface area contributed by atoms with Crippen molar-refractivity contribution in [2.24, 2.45) is 0 Å². The Labute approximate surface area is 800 Å². The number of aryl methyl sites for hydroxylation is 2. The van der Waals surface area contributed by atoms with Gasteiger partial charge in [-0.3, -0.25) is 9.97 Å². The quantitative estimate of drug-likeness (QED) is 0.103. The second-order valence-electron chi connectivity index (χ2n) is 27.1. The molecule has 0 fully saturated rings. The Morgan fingerprint density at radius 3 is 0.661 bits per heavy atom. The van der Waals surface area contributed by atoms with E-state index in [-0.39, 0.29) is 80.4 Å². The van der Waals surface area contributed by atoms with E-state index in [1.54, 1.807) is 24.8 Å². The number of aromatic nitrogens is 10. The second-order valence-corrected chi connectivity index (χ2v) is 27.1. The summed E-state index contributed by atoms with van der Waals surface area (Å²) in [4.78, 5) is 43.7. The molecule has 0 atom stereocenters. The van der Waals surface area contributed by atoms with Crippen LogP contribution in [0, 0.1) is 55.5 Å². The van der Waals surface area contributed by atoms with Crippen LogP contribution in [0.15, 0.2) is 462 Å². The normalized spacial score (nSPS) is 9.75. The van der Waals surface area contributed by atoms with E-state index in [0.29, 0.717) is 0 Å². The van der Waals surface area contributed by atoms with E-state index in [2.05, 4.69) is 160 Å². The third kappa shape index (κ3) is 31.5. The largest absolute Gasteiger partial charge is 0.305 e. The molecular formula is C113H84Ir4N10-8. The molecule has 127 heavy (non-hydrogen) atoms. The van der Waals surface area contributed by atoms with Crippen LogP contribution in [-0.2, 0) is 86.8 Å². The molecule has 0 amide bonds. The van der Waals surface area contributed by atoms with Crippen molar-refractivity contribution in [1.29, 1.82) is 0 Å². The monoisotopic (exact) mass is 2350 g/mol. The van der Waals surface area contributed by atoms with E-state index in [1.807, 2.05) is 390 Å².